The molecule has 130 valence electrons. The zero-order valence-electron chi connectivity index (χ0n) is 14.3. The Labute approximate surface area is 154 Å². The zero-order valence-corrected chi connectivity index (χ0v) is 15.1. The van der Waals surface area contributed by atoms with E-state index in [-0.39, 0.29) is 0 Å². The molecule has 0 aliphatic carbocycles. The van der Waals surface area contributed by atoms with Gasteiger partial charge in [0.05, 0.1) is 6.26 Å². The molecule has 0 fully saturated rings. The fourth-order valence-electron chi connectivity index (χ4n) is 2.68. The van der Waals surface area contributed by atoms with E-state index in [0.29, 0.717) is 11.1 Å². The van der Waals surface area contributed by atoms with Crippen LogP contribution in [0.25, 0.3) is 0 Å². The van der Waals surface area contributed by atoms with Crippen LogP contribution in [0.1, 0.15) is 16.7 Å². The average molecular weight is 362 g/mol. The van der Waals surface area contributed by atoms with Gasteiger partial charge in [-0.2, -0.15) is 8.42 Å². The first-order valence-corrected chi connectivity index (χ1v) is 9.91. The Hall–Kier alpha value is -2.87. The highest BCUT2D eigenvalue weighted by atomic mass is 32.2. The summed E-state index contributed by atoms with van der Waals surface area (Å²) in [4.78, 5) is 0. The van der Waals surface area contributed by atoms with Crippen molar-refractivity contribution in [1.29, 1.82) is 0 Å². The highest BCUT2D eigenvalue weighted by molar-refractivity contribution is 7.86. The topological polar surface area (TPSA) is 43.4 Å². The third-order valence-electron chi connectivity index (χ3n) is 3.79. The van der Waals surface area contributed by atoms with Gasteiger partial charge in [0.1, 0.15) is 0 Å². The zero-order chi connectivity index (χ0) is 18.5. The standard InChI is InChI=1S/C22H18O3S/c1-26(23,24)25-22(20-13-7-3-8-14-20,21-15-9-4-10-16-21)18-17-19-11-5-2-6-12-19/h2-16H,1H3. The first-order valence-electron chi connectivity index (χ1n) is 8.09. The van der Waals surface area contributed by atoms with Gasteiger partial charge in [-0.25, -0.2) is 4.18 Å². The molecule has 0 radical (unpaired) electrons. The number of hydrogen-bond donors (Lipinski definition) is 0. The molecular weight excluding hydrogens is 344 g/mol. The van der Waals surface area contributed by atoms with Crippen molar-refractivity contribution >= 4 is 10.1 Å². The largest absolute Gasteiger partial charge is 0.266 e. The second-order valence-corrected chi connectivity index (χ2v) is 7.39. The van der Waals surface area contributed by atoms with E-state index >= 15 is 0 Å². The van der Waals surface area contributed by atoms with Crippen molar-refractivity contribution in [3.63, 3.8) is 0 Å². The molecule has 0 saturated heterocycles. The molecule has 0 amide bonds. The van der Waals surface area contributed by atoms with Gasteiger partial charge in [0.25, 0.3) is 10.1 Å². The Balaban J connectivity index is 2.27. The summed E-state index contributed by atoms with van der Waals surface area (Å²) >= 11 is 0. The number of rotatable bonds is 4. The van der Waals surface area contributed by atoms with E-state index in [1.807, 2.05) is 91.0 Å². The lowest BCUT2D eigenvalue weighted by Gasteiger charge is -2.28. The molecule has 3 aromatic rings. The lowest BCUT2D eigenvalue weighted by Crippen LogP contribution is -2.32. The van der Waals surface area contributed by atoms with Gasteiger partial charge in [0.2, 0.25) is 0 Å². The molecule has 3 nitrogen and oxygen atoms in total. The summed E-state index contributed by atoms with van der Waals surface area (Å²) in [5.41, 5.74) is 0.660. The van der Waals surface area contributed by atoms with E-state index in [1.54, 1.807) is 0 Å². The fraction of sp³-hybridized carbons (Fsp3) is 0.0909. The molecule has 4 heteroatoms. The Morgan fingerprint density at radius 2 is 1.15 bits per heavy atom. The first-order chi connectivity index (χ1) is 12.5. The summed E-state index contributed by atoms with van der Waals surface area (Å²) in [5.74, 6) is 6.15. The predicted octanol–water partition coefficient (Wildman–Crippen LogP) is 3.96. The molecule has 0 unspecified atom stereocenters. The molecule has 0 atom stereocenters. The van der Waals surface area contributed by atoms with Gasteiger partial charge in [-0.05, 0) is 12.1 Å². The fourth-order valence-corrected chi connectivity index (χ4v) is 3.37. The SMILES string of the molecule is CS(=O)(=O)OC(C#Cc1ccccc1)(c1ccccc1)c1ccccc1. The Morgan fingerprint density at radius 1 is 0.731 bits per heavy atom. The Kier molecular flexibility index (Phi) is 5.22. The molecular formula is C22H18O3S. The first kappa shape index (κ1) is 17.9. The number of benzene rings is 3. The van der Waals surface area contributed by atoms with Gasteiger partial charge in [-0.15, -0.1) is 0 Å². The summed E-state index contributed by atoms with van der Waals surface area (Å²) in [6.07, 6.45) is 1.04. The summed E-state index contributed by atoms with van der Waals surface area (Å²) in [7, 11) is -3.78. The van der Waals surface area contributed by atoms with Crippen LogP contribution >= 0.6 is 0 Å². The lowest BCUT2D eigenvalue weighted by atomic mass is 9.86. The molecule has 0 aliphatic heterocycles. The van der Waals surface area contributed by atoms with E-state index in [0.717, 1.165) is 11.8 Å². The number of hydrogen-bond acceptors (Lipinski definition) is 3. The van der Waals surface area contributed by atoms with Crippen LogP contribution in [0.4, 0.5) is 0 Å². The quantitative estimate of drug-likeness (QED) is 0.521. The maximum Gasteiger partial charge on any atom is 0.266 e. The van der Waals surface area contributed by atoms with Gasteiger partial charge in [0, 0.05) is 16.7 Å². The van der Waals surface area contributed by atoms with Crippen LogP contribution in [0.5, 0.6) is 0 Å². The second kappa shape index (κ2) is 7.57. The second-order valence-electron chi connectivity index (χ2n) is 5.82. The summed E-state index contributed by atoms with van der Waals surface area (Å²) in [6, 6.07) is 27.8. The van der Waals surface area contributed by atoms with Crippen molar-refractivity contribution in [3.05, 3.63) is 108 Å². The Morgan fingerprint density at radius 3 is 1.58 bits per heavy atom. The lowest BCUT2D eigenvalue weighted by molar-refractivity contribution is 0.185. The van der Waals surface area contributed by atoms with Crippen molar-refractivity contribution in [3.8, 4) is 11.8 Å². The molecule has 3 aromatic carbocycles. The van der Waals surface area contributed by atoms with Crippen LogP contribution in [0.3, 0.4) is 0 Å². The third-order valence-corrected chi connectivity index (χ3v) is 4.35. The Bertz CT molecular complexity index is 977. The summed E-state index contributed by atoms with van der Waals surface area (Å²) in [6.45, 7) is 0. The molecule has 3 rings (SSSR count). The summed E-state index contributed by atoms with van der Waals surface area (Å²) < 4.78 is 29.8. The maximum atomic E-state index is 12.1. The van der Waals surface area contributed by atoms with Crippen molar-refractivity contribution in [2.45, 2.75) is 5.60 Å². The monoisotopic (exact) mass is 362 g/mol. The van der Waals surface area contributed by atoms with Crippen LogP contribution in [-0.4, -0.2) is 14.7 Å². The van der Waals surface area contributed by atoms with E-state index in [2.05, 4.69) is 11.8 Å². The highest BCUT2D eigenvalue weighted by Crippen LogP contribution is 2.34. The minimum atomic E-state index is -3.78. The molecule has 0 aromatic heterocycles. The van der Waals surface area contributed by atoms with Crippen LogP contribution < -0.4 is 0 Å². The van der Waals surface area contributed by atoms with Gasteiger partial charge >= 0.3 is 0 Å². The summed E-state index contributed by atoms with van der Waals surface area (Å²) in [5, 5.41) is 0. The molecule has 0 aliphatic rings. The maximum absolute atomic E-state index is 12.1. The van der Waals surface area contributed by atoms with E-state index in [1.165, 1.54) is 0 Å². The molecule has 0 saturated carbocycles. The third kappa shape index (κ3) is 4.20. The van der Waals surface area contributed by atoms with Gasteiger partial charge in [0.15, 0.2) is 5.60 Å². The molecule has 0 heterocycles. The van der Waals surface area contributed by atoms with Crippen molar-refractivity contribution < 1.29 is 12.6 Å². The van der Waals surface area contributed by atoms with Crippen molar-refractivity contribution in [1.82, 2.24) is 0 Å². The normalized spacial score (nSPS) is 11.4. The van der Waals surface area contributed by atoms with E-state index in [4.69, 9.17) is 4.18 Å². The molecule has 0 N–H and O–H groups in total. The average Bonchev–Trinajstić information content (AvgIpc) is 2.66. The van der Waals surface area contributed by atoms with Crippen LogP contribution in [0.15, 0.2) is 91.0 Å². The van der Waals surface area contributed by atoms with Crippen molar-refractivity contribution in [2.24, 2.45) is 0 Å². The molecule has 0 bridgehead atoms. The van der Waals surface area contributed by atoms with Crippen molar-refractivity contribution in [2.75, 3.05) is 6.26 Å². The highest BCUT2D eigenvalue weighted by Gasteiger charge is 2.37. The van der Waals surface area contributed by atoms with Crippen LogP contribution in [0.2, 0.25) is 0 Å². The van der Waals surface area contributed by atoms with E-state index < -0.39 is 15.7 Å². The molecule has 0 spiro atoms. The van der Waals surface area contributed by atoms with Crippen LogP contribution in [-0.2, 0) is 19.9 Å². The predicted molar refractivity (Wildman–Crippen MR) is 103 cm³/mol. The van der Waals surface area contributed by atoms with Crippen LogP contribution in [0, 0.1) is 11.8 Å². The van der Waals surface area contributed by atoms with E-state index in [9.17, 15) is 8.42 Å². The minimum absolute atomic E-state index is 0.653. The molecule has 26 heavy (non-hydrogen) atoms. The van der Waals surface area contributed by atoms with Gasteiger partial charge in [-0.3, -0.25) is 0 Å². The van der Waals surface area contributed by atoms with Gasteiger partial charge < -0.3 is 0 Å². The smallest absolute Gasteiger partial charge is 0.240 e. The van der Waals surface area contributed by atoms with Gasteiger partial charge in [-0.1, -0.05) is 90.7 Å². The minimum Gasteiger partial charge on any atom is -0.240 e.